The van der Waals surface area contributed by atoms with E-state index in [0.29, 0.717) is 12.0 Å². The minimum absolute atomic E-state index is 0.0793. The van der Waals surface area contributed by atoms with E-state index in [1.54, 1.807) is 18.6 Å². The summed E-state index contributed by atoms with van der Waals surface area (Å²) in [5.74, 6) is 0.0793. The van der Waals surface area contributed by atoms with Crippen LogP contribution < -0.4 is 0 Å². The van der Waals surface area contributed by atoms with Crippen LogP contribution >= 0.6 is 15.9 Å². The Bertz CT molecular complexity index is 786. The fraction of sp³-hybridized carbons (Fsp3) is 0.0625. The first-order chi connectivity index (χ1) is 9.72. The molecule has 2 aromatic heterocycles. The smallest absolute Gasteiger partial charge is 0.167 e. The molecule has 0 aliphatic heterocycles. The quantitative estimate of drug-likeness (QED) is 0.687. The molecule has 3 rings (SSSR count). The van der Waals surface area contributed by atoms with Crippen LogP contribution in [-0.4, -0.2) is 15.8 Å². The molecule has 1 aromatic carbocycles. The van der Waals surface area contributed by atoms with Gasteiger partial charge >= 0.3 is 0 Å². The van der Waals surface area contributed by atoms with E-state index in [4.69, 9.17) is 0 Å². The van der Waals surface area contributed by atoms with Gasteiger partial charge in [0.15, 0.2) is 5.78 Å². The molecule has 0 unspecified atom stereocenters. The van der Waals surface area contributed by atoms with Gasteiger partial charge in [-0.3, -0.25) is 14.8 Å². The monoisotopic (exact) mass is 326 g/mol. The lowest BCUT2D eigenvalue weighted by atomic mass is 10.0. The van der Waals surface area contributed by atoms with Crippen LogP contribution in [0.15, 0.2) is 59.5 Å². The Hall–Kier alpha value is -2.07. The SMILES string of the molecule is O=C(Cc1cncc(Br)c1)c1ccc2ncccc2c1. The summed E-state index contributed by atoms with van der Waals surface area (Å²) in [6.07, 6.45) is 5.51. The van der Waals surface area contributed by atoms with E-state index >= 15 is 0 Å². The Morgan fingerprint density at radius 1 is 1.15 bits per heavy atom. The fourth-order valence-corrected chi connectivity index (χ4v) is 2.50. The number of halogens is 1. The maximum atomic E-state index is 12.3. The van der Waals surface area contributed by atoms with Gasteiger partial charge in [0.1, 0.15) is 0 Å². The maximum absolute atomic E-state index is 12.3. The molecule has 3 aromatic rings. The number of fused-ring (bicyclic) bond motifs is 1. The number of Topliss-reactive ketones (excluding diaryl/α,β-unsaturated/α-hetero) is 1. The molecule has 98 valence electrons. The molecule has 4 heteroatoms. The van der Waals surface area contributed by atoms with E-state index < -0.39 is 0 Å². The number of carbonyl (C=O) groups is 1. The predicted molar refractivity (Wildman–Crippen MR) is 81.7 cm³/mol. The van der Waals surface area contributed by atoms with E-state index in [1.807, 2.05) is 36.4 Å². The van der Waals surface area contributed by atoms with Crippen LogP contribution in [0.1, 0.15) is 15.9 Å². The van der Waals surface area contributed by atoms with Gasteiger partial charge in [0.2, 0.25) is 0 Å². The number of hydrogen-bond donors (Lipinski definition) is 0. The topological polar surface area (TPSA) is 42.9 Å². The van der Waals surface area contributed by atoms with Crippen LogP contribution in [0.25, 0.3) is 10.9 Å². The van der Waals surface area contributed by atoms with Crippen molar-refractivity contribution in [3.8, 4) is 0 Å². The first-order valence-corrected chi connectivity index (χ1v) is 6.99. The molecule has 0 N–H and O–H groups in total. The van der Waals surface area contributed by atoms with E-state index in [9.17, 15) is 4.79 Å². The van der Waals surface area contributed by atoms with E-state index in [2.05, 4.69) is 25.9 Å². The van der Waals surface area contributed by atoms with Crippen molar-refractivity contribution in [1.29, 1.82) is 0 Å². The van der Waals surface area contributed by atoms with E-state index in [0.717, 1.165) is 20.9 Å². The number of ketones is 1. The Kier molecular flexibility index (Phi) is 3.56. The summed E-state index contributed by atoms with van der Waals surface area (Å²) in [5.41, 5.74) is 2.49. The van der Waals surface area contributed by atoms with Crippen LogP contribution in [0.2, 0.25) is 0 Å². The van der Waals surface area contributed by atoms with Crippen LogP contribution in [0.3, 0.4) is 0 Å². The van der Waals surface area contributed by atoms with E-state index in [-0.39, 0.29) is 5.78 Å². The standard InChI is InChI=1S/C16H11BrN2O/c17-14-6-11(9-18-10-14)7-16(20)13-3-4-15-12(8-13)2-1-5-19-15/h1-6,8-10H,7H2. The third kappa shape index (κ3) is 2.75. The molecule has 0 saturated carbocycles. The van der Waals surface area contributed by atoms with Gasteiger partial charge in [0.05, 0.1) is 5.52 Å². The molecule has 0 aliphatic rings. The number of hydrogen-bond acceptors (Lipinski definition) is 3. The molecule has 0 saturated heterocycles. The van der Waals surface area contributed by atoms with Crippen molar-refractivity contribution in [2.75, 3.05) is 0 Å². The number of rotatable bonds is 3. The lowest BCUT2D eigenvalue weighted by Gasteiger charge is -2.03. The van der Waals surface area contributed by atoms with Gasteiger partial charge in [-0.1, -0.05) is 6.07 Å². The summed E-state index contributed by atoms with van der Waals surface area (Å²) in [5, 5.41) is 0.978. The normalized spacial score (nSPS) is 10.7. The van der Waals surface area contributed by atoms with Crippen molar-refractivity contribution < 1.29 is 4.79 Å². The van der Waals surface area contributed by atoms with Crippen molar-refractivity contribution in [1.82, 2.24) is 9.97 Å². The Morgan fingerprint density at radius 2 is 2.05 bits per heavy atom. The van der Waals surface area contributed by atoms with Crippen molar-refractivity contribution in [3.63, 3.8) is 0 Å². The first-order valence-electron chi connectivity index (χ1n) is 6.20. The Balaban J connectivity index is 1.88. The lowest BCUT2D eigenvalue weighted by molar-refractivity contribution is 0.0993. The van der Waals surface area contributed by atoms with Crippen molar-refractivity contribution >= 4 is 32.6 Å². The van der Waals surface area contributed by atoms with Gasteiger partial charge in [-0.2, -0.15) is 0 Å². The molecular weight excluding hydrogens is 316 g/mol. The van der Waals surface area contributed by atoms with Crippen molar-refractivity contribution in [3.05, 3.63) is 70.6 Å². The van der Waals surface area contributed by atoms with Gasteiger partial charge < -0.3 is 0 Å². The summed E-state index contributed by atoms with van der Waals surface area (Å²) in [4.78, 5) is 20.6. The van der Waals surface area contributed by atoms with Gasteiger partial charge in [-0.25, -0.2) is 0 Å². The largest absolute Gasteiger partial charge is 0.294 e. The summed E-state index contributed by atoms with van der Waals surface area (Å²) in [6, 6.07) is 11.3. The first kappa shape index (κ1) is 12.9. The summed E-state index contributed by atoms with van der Waals surface area (Å²) < 4.78 is 0.880. The molecule has 0 aliphatic carbocycles. The highest BCUT2D eigenvalue weighted by atomic mass is 79.9. The highest BCUT2D eigenvalue weighted by Gasteiger charge is 2.08. The maximum Gasteiger partial charge on any atom is 0.167 e. The molecule has 3 nitrogen and oxygen atoms in total. The molecule has 0 fully saturated rings. The van der Waals surface area contributed by atoms with Crippen LogP contribution in [0, 0.1) is 0 Å². The third-order valence-corrected chi connectivity index (χ3v) is 3.48. The molecule has 0 amide bonds. The highest BCUT2D eigenvalue weighted by Crippen LogP contribution is 2.16. The van der Waals surface area contributed by atoms with Gasteiger partial charge in [-0.05, 0) is 51.8 Å². The van der Waals surface area contributed by atoms with Gasteiger partial charge in [0, 0.05) is 40.4 Å². The minimum Gasteiger partial charge on any atom is -0.294 e. The number of carbonyl (C=O) groups excluding carboxylic acids is 1. The Morgan fingerprint density at radius 3 is 2.90 bits per heavy atom. The second-order valence-corrected chi connectivity index (χ2v) is 5.44. The molecule has 0 atom stereocenters. The molecule has 0 bridgehead atoms. The summed E-state index contributed by atoms with van der Waals surface area (Å²) in [7, 11) is 0. The van der Waals surface area contributed by atoms with Crippen LogP contribution in [0.4, 0.5) is 0 Å². The average molecular weight is 327 g/mol. The van der Waals surface area contributed by atoms with Crippen LogP contribution in [0.5, 0.6) is 0 Å². The molecular formula is C16H11BrN2O. The van der Waals surface area contributed by atoms with Gasteiger partial charge in [-0.15, -0.1) is 0 Å². The second kappa shape index (κ2) is 5.51. The third-order valence-electron chi connectivity index (χ3n) is 3.05. The number of benzene rings is 1. The number of nitrogens with zero attached hydrogens (tertiary/aromatic N) is 2. The molecule has 2 heterocycles. The zero-order chi connectivity index (χ0) is 13.9. The molecule has 20 heavy (non-hydrogen) atoms. The highest BCUT2D eigenvalue weighted by molar-refractivity contribution is 9.10. The zero-order valence-corrected chi connectivity index (χ0v) is 12.2. The summed E-state index contributed by atoms with van der Waals surface area (Å²) in [6.45, 7) is 0. The average Bonchev–Trinajstić information content (AvgIpc) is 2.47. The molecule has 0 spiro atoms. The lowest BCUT2D eigenvalue weighted by Crippen LogP contribution is -2.04. The van der Waals surface area contributed by atoms with Crippen molar-refractivity contribution in [2.24, 2.45) is 0 Å². The second-order valence-electron chi connectivity index (χ2n) is 4.52. The number of pyridine rings is 2. The minimum atomic E-state index is 0.0793. The molecule has 0 radical (unpaired) electrons. The zero-order valence-electron chi connectivity index (χ0n) is 10.6. The van der Waals surface area contributed by atoms with Gasteiger partial charge in [0.25, 0.3) is 0 Å². The van der Waals surface area contributed by atoms with E-state index in [1.165, 1.54) is 0 Å². The number of aromatic nitrogens is 2. The summed E-state index contributed by atoms with van der Waals surface area (Å²) >= 11 is 3.36. The predicted octanol–water partition coefficient (Wildman–Crippen LogP) is 3.82. The van der Waals surface area contributed by atoms with Crippen LogP contribution in [-0.2, 0) is 6.42 Å². The fourth-order valence-electron chi connectivity index (χ4n) is 2.09. The van der Waals surface area contributed by atoms with Crippen molar-refractivity contribution in [2.45, 2.75) is 6.42 Å². The Labute approximate surface area is 124 Å².